The van der Waals surface area contributed by atoms with Gasteiger partial charge in [-0.25, -0.2) is 13.2 Å². The number of urea groups is 1. The fourth-order valence-corrected chi connectivity index (χ4v) is 5.10. The van der Waals surface area contributed by atoms with Crippen LogP contribution in [0.1, 0.15) is 40.0 Å². The number of carbonyl (C=O) groups is 2. The molecule has 3 amide bonds. The van der Waals surface area contributed by atoms with Crippen LogP contribution in [0.5, 0.6) is 0 Å². The number of nitrogens with one attached hydrogen (secondary N) is 2. The number of fused-ring (bicyclic) bond motifs is 1. The second kappa shape index (κ2) is 7.14. The minimum Gasteiger partial charge on any atom is -0.325 e. The Kier molecular flexibility index (Phi) is 5.20. The normalized spacial score (nSPS) is 22.4. The van der Waals surface area contributed by atoms with Gasteiger partial charge in [-0.05, 0) is 48.8 Å². The topological polar surface area (TPSA) is 95.6 Å². The highest BCUT2D eigenvalue weighted by atomic mass is 32.2. The van der Waals surface area contributed by atoms with Crippen LogP contribution in [0.4, 0.5) is 16.2 Å². The van der Waals surface area contributed by atoms with Gasteiger partial charge in [0.2, 0.25) is 5.91 Å². The largest absolute Gasteiger partial charge is 0.325 e. The highest BCUT2D eigenvalue weighted by Gasteiger charge is 2.30. The Labute approximate surface area is 160 Å². The number of sulfone groups is 1. The standard InChI is InChI=1S/C19H27N3O4S/c1-19(2,3)13-5-4-9-22(10-8-13)18(24)20-14-6-7-15-16(11-14)27(25,26)12-17(23)21-15/h6-7,11,13H,4-5,8-10,12H2,1-3H3,(H,20,24)(H,21,23). The number of likely N-dealkylation sites (tertiary alicyclic amines) is 1. The average molecular weight is 394 g/mol. The first-order valence-corrected chi connectivity index (χ1v) is 10.9. The Morgan fingerprint density at radius 1 is 1.22 bits per heavy atom. The maximum Gasteiger partial charge on any atom is 0.321 e. The molecular formula is C19H27N3O4S. The molecule has 1 aromatic carbocycles. The van der Waals surface area contributed by atoms with Gasteiger partial charge in [-0.1, -0.05) is 20.8 Å². The summed E-state index contributed by atoms with van der Waals surface area (Å²) in [5.41, 5.74) is 0.895. The van der Waals surface area contributed by atoms with Crippen molar-refractivity contribution in [2.24, 2.45) is 11.3 Å². The molecular weight excluding hydrogens is 366 g/mol. The summed E-state index contributed by atoms with van der Waals surface area (Å²) in [5, 5.41) is 5.35. The Balaban J connectivity index is 1.71. The summed E-state index contributed by atoms with van der Waals surface area (Å²) in [6.45, 7) is 8.09. The van der Waals surface area contributed by atoms with E-state index in [-0.39, 0.29) is 22.0 Å². The van der Waals surface area contributed by atoms with Gasteiger partial charge in [0.05, 0.1) is 10.6 Å². The third-order valence-electron chi connectivity index (χ3n) is 5.40. The molecule has 1 aromatic rings. The number of hydrogen-bond acceptors (Lipinski definition) is 4. The Morgan fingerprint density at radius 3 is 2.67 bits per heavy atom. The molecule has 27 heavy (non-hydrogen) atoms. The van der Waals surface area contributed by atoms with E-state index in [2.05, 4.69) is 31.4 Å². The van der Waals surface area contributed by atoms with E-state index in [1.807, 2.05) is 0 Å². The van der Waals surface area contributed by atoms with Crippen molar-refractivity contribution in [3.05, 3.63) is 18.2 Å². The quantitative estimate of drug-likeness (QED) is 0.766. The van der Waals surface area contributed by atoms with Crippen LogP contribution < -0.4 is 10.6 Å². The van der Waals surface area contributed by atoms with Crippen molar-refractivity contribution in [1.29, 1.82) is 0 Å². The van der Waals surface area contributed by atoms with Crippen LogP contribution in [-0.4, -0.2) is 44.1 Å². The molecule has 148 valence electrons. The Bertz CT molecular complexity index is 858. The predicted octanol–water partition coefficient (Wildman–Crippen LogP) is 3.09. The highest BCUT2D eigenvalue weighted by molar-refractivity contribution is 7.92. The number of benzene rings is 1. The molecule has 1 unspecified atom stereocenters. The highest BCUT2D eigenvalue weighted by Crippen LogP contribution is 2.34. The first-order chi connectivity index (χ1) is 12.6. The molecule has 0 spiro atoms. The van der Waals surface area contributed by atoms with Gasteiger partial charge in [-0.3, -0.25) is 4.79 Å². The number of anilines is 2. The SMILES string of the molecule is CC(C)(C)C1CCCN(C(=O)Nc2ccc3c(c2)S(=O)(=O)CC(=O)N3)CC1. The summed E-state index contributed by atoms with van der Waals surface area (Å²) in [6.07, 6.45) is 3.02. The fraction of sp³-hybridized carbons (Fsp3) is 0.579. The number of rotatable bonds is 1. The molecule has 0 aliphatic carbocycles. The van der Waals surface area contributed by atoms with Gasteiger partial charge in [0.25, 0.3) is 0 Å². The average Bonchev–Trinajstić information content (AvgIpc) is 2.80. The smallest absolute Gasteiger partial charge is 0.321 e. The molecule has 0 bridgehead atoms. The Morgan fingerprint density at radius 2 is 1.96 bits per heavy atom. The zero-order chi connectivity index (χ0) is 19.8. The van der Waals surface area contributed by atoms with Gasteiger partial charge < -0.3 is 15.5 Å². The molecule has 0 aromatic heterocycles. The summed E-state index contributed by atoms with van der Waals surface area (Å²) < 4.78 is 24.4. The summed E-state index contributed by atoms with van der Waals surface area (Å²) in [5.74, 6) is -0.539. The van der Waals surface area contributed by atoms with E-state index in [1.165, 1.54) is 12.1 Å². The second-order valence-electron chi connectivity index (χ2n) is 8.43. The molecule has 1 saturated heterocycles. The van der Waals surface area contributed by atoms with E-state index in [0.717, 1.165) is 19.3 Å². The van der Waals surface area contributed by atoms with Crippen LogP contribution in [0.25, 0.3) is 0 Å². The molecule has 0 saturated carbocycles. The predicted molar refractivity (Wildman–Crippen MR) is 105 cm³/mol. The minimum absolute atomic E-state index is 0.0450. The monoisotopic (exact) mass is 393 g/mol. The van der Waals surface area contributed by atoms with Crippen molar-refractivity contribution in [2.45, 2.75) is 44.9 Å². The van der Waals surface area contributed by atoms with Crippen LogP contribution in [-0.2, 0) is 14.6 Å². The van der Waals surface area contributed by atoms with Gasteiger partial charge in [0.1, 0.15) is 5.75 Å². The molecule has 2 heterocycles. The van der Waals surface area contributed by atoms with Crippen molar-refractivity contribution in [1.82, 2.24) is 4.90 Å². The maximum absolute atomic E-state index is 12.7. The number of carbonyl (C=O) groups excluding carboxylic acids is 2. The molecule has 0 radical (unpaired) electrons. The molecule has 7 nitrogen and oxygen atoms in total. The van der Waals surface area contributed by atoms with Crippen LogP contribution in [0.2, 0.25) is 0 Å². The zero-order valence-electron chi connectivity index (χ0n) is 16.0. The molecule has 3 rings (SSSR count). The van der Waals surface area contributed by atoms with Gasteiger partial charge in [-0.15, -0.1) is 0 Å². The van der Waals surface area contributed by atoms with Crippen molar-refractivity contribution < 1.29 is 18.0 Å². The van der Waals surface area contributed by atoms with E-state index in [1.54, 1.807) is 11.0 Å². The van der Waals surface area contributed by atoms with Gasteiger partial charge in [0, 0.05) is 18.8 Å². The summed E-state index contributed by atoms with van der Waals surface area (Å²) >= 11 is 0. The molecule has 1 fully saturated rings. The first-order valence-electron chi connectivity index (χ1n) is 9.29. The third kappa shape index (κ3) is 4.43. The Hall–Kier alpha value is -2.09. The fourth-order valence-electron chi connectivity index (χ4n) is 3.77. The molecule has 2 N–H and O–H groups in total. The molecule has 2 aliphatic heterocycles. The lowest BCUT2D eigenvalue weighted by molar-refractivity contribution is -0.114. The van der Waals surface area contributed by atoms with Crippen LogP contribution in [0.3, 0.4) is 0 Å². The molecule has 8 heteroatoms. The summed E-state index contributed by atoms with van der Waals surface area (Å²) in [6, 6.07) is 4.31. The maximum atomic E-state index is 12.7. The zero-order valence-corrected chi connectivity index (χ0v) is 16.9. The van der Waals surface area contributed by atoms with E-state index >= 15 is 0 Å². The summed E-state index contributed by atoms with van der Waals surface area (Å²) in [7, 11) is -3.68. The van der Waals surface area contributed by atoms with Crippen molar-refractivity contribution in [3.8, 4) is 0 Å². The number of nitrogens with zero attached hydrogens (tertiary/aromatic N) is 1. The van der Waals surface area contributed by atoms with Crippen LogP contribution in [0, 0.1) is 11.3 Å². The van der Waals surface area contributed by atoms with E-state index in [0.29, 0.717) is 24.7 Å². The van der Waals surface area contributed by atoms with E-state index in [9.17, 15) is 18.0 Å². The molecule has 2 aliphatic rings. The third-order valence-corrected chi connectivity index (χ3v) is 7.05. The van der Waals surface area contributed by atoms with Crippen molar-refractivity contribution in [3.63, 3.8) is 0 Å². The van der Waals surface area contributed by atoms with E-state index < -0.39 is 21.5 Å². The second-order valence-corrected chi connectivity index (χ2v) is 10.4. The number of amides is 3. The minimum atomic E-state index is -3.68. The van der Waals surface area contributed by atoms with Gasteiger partial charge >= 0.3 is 6.03 Å². The van der Waals surface area contributed by atoms with Crippen LogP contribution >= 0.6 is 0 Å². The number of hydrogen-bond donors (Lipinski definition) is 2. The van der Waals surface area contributed by atoms with Crippen molar-refractivity contribution in [2.75, 3.05) is 29.5 Å². The lowest BCUT2D eigenvalue weighted by atomic mass is 9.77. The van der Waals surface area contributed by atoms with Gasteiger partial charge in [-0.2, -0.15) is 0 Å². The first kappa shape index (κ1) is 19.7. The lowest BCUT2D eigenvalue weighted by Crippen LogP contribution is -2.36. The van der Waals surface area contributed by atoms with Crippen molar-refractivity contribution >= 4 is 33.2 Å². The van der Waals surface area contributed by atoms with E-state index in [4.69, 9.17) is 0 Å². The summed E-state index contributed by atoms with van der Waals surface area (Å²) in [4.78, 5) is 26.0. The lowest BCUT2D eigenvalue weighted by Gasteiger charge is -2.29. The molecule has 1 atom stereocenters. The van der Waals surface area contributed by atoms with Gasteiger partial charge in [0.15, 0.2) is 9.84 Å². The van der Waals surface area contributed by atoms with Crippen LogP contribution in [0.15, 0.2) is 23.1 Å².